The average molecular weight is 239 g/mol. The number of aryl methyl sites for hydroxylation is 1. The summed E-state index contributed by atoms with van der Waals surface area (Å²) in [4.78, 5) is 0. The molecule has 2 aromatic rings. The molecule has 1 aromatic carbocycles. The van der Waals surface area contributed by atoms with E-state index < -0.39 is 0 Å². The number of tetrazole rings is 1. The van der Waals surface area contributed by atoms with Crippen molar-refractivity contribution in [3.05, 3.63) is 28.2 Å². The highest BCUT2D eigenvalue weighted by Gasteiger charge is 2.06. The molecular formula is C8H7BrN4. The summed E-state index contributed by atoms with van der Waals surface area (Å²) in [5.74, 6) is 0.624. The molecule has 0 atom stereocenters. The molecule has 0 unspecified atom stereocenters. The van der Waals surface area contributed by atoms with E-state index in [0.717, 1.165) is 15.6 Å². The van der Waals surface area contributed by atoms with Crippen LogP contribution in [0.1, 0.15) is 5.56 Å². The van der Waals surface area contributed by atoms with Crippen molar-refractivity contribution in [1.82, 2.24) is 20.6 Å². The number of benzene rings is 1. The maximum atomic E-state index is 3.92. The summed E-state index contributed by atoms with van der Waals surface area (Å²) in [5.41, 5.74) is 2.12. The first-order valence-electron chi connectivity index (χ1n) is 3.77. The number of nitrogens with zero attached hydrogens (tertiary/aromatic N) is 3. The normalized spacial score (nSPS) is 10.3. The molecular weight excluding hydrogens is 232 g/mol. The third kappa shape index (κ3) is 1.60. The Bertz CT molecular complexity index is 410. The molecule has 0 fully saturated rings. The number of aromatic amines is 1. The lowest BCUT2D eigenvalue weighted by molar-refractivity contribution is 0.881. The predicted octanol–water partition coefficient (Wildman–Crippen LogP) is 1.94. The molecule has 0 bridgehead atoms. The fourth-order valence-electron chi connectivity index (χ4n) is 1.11. The Hall–Kier alpha value is -1.23. The molecule has 5 heteroatoms. The van der Waals surface area contributed by atoms with Gasteiger partial charge in [-0.15, -0.1) is 10.2 Å². The van der Waals surface area contributed by atoms with Gasteiger partial charge >= 0.3 is 0 Å². The summed E-state index contributed by atoms with van der Waals surface area (Å²) >= 11 is 3.40. The van der Waals surface area contributed by atoms with Crippen LogP contribution in [0.2, 0.25) is 0 Å². The number of hydrogen-bond acceptors (Lipinski definition) is 3. The summed E-state index contributed by atoms with van der Waals surface area (Å²) in [7, 11) is 0. The smallest absolute Gasteiger partial charge is 0.177 e. The van der Waals surface area contributed by atoms with Crippen LogP contribution in [0, 0.1) is 6.92 Å². The first-order chi connectivity index (χ1) is 6.27. The third-order valence-corrected chi connectivity index (χ3v) is 2.28. The minimum Gasteiger partial charge on any atom is -0.177 e. The standard InChI is InChI=1S/C8H7BrN4/c1-5-2-3-6(9)4-7(5)8-10-12-13-11-8/h2-4H,1H3,(H,10,11,12,13). The Kier molecular flexibility index (Phi) is 2.10. The van der Waals surface area contributed by atoms with Gasteiger partial charge in [-0.1, -0.05) is 22.0 Å². The molecule has 13 heavy (non-hydrogen) atoms. The summed E-state index contributed by atoms with van der Waals surface area (Å²) in [6.45, 7) is 2.01. The van der Waals surface area contributed by atoms with Crippen LogP contribution >= 0.6 is 15.9 Å². The van der Waals surface area contributed by atoms with Crippen molar-refractivity contribution in [3.8, 4) is 11.4 Å². The number of aromatic nitrogens is 4. The minimum absolute atomic E-state index is 0.624. The van der Waals surface area contributed by atoms with Gasteiger partial charge in [-0.25, -0.2) is 0 Å². The van der Waals surface area contributed by atoms with Gasteiger partial charge in [0.1, 0.15) is 0 Å². The van der Waals surface area contributed by atoms with Crippen LogP contribution < -0.4 is 0 Å². The van der Waals surface area contributed by atoms with E-state index in [1.54, 1.807) is 0 Å². The van der Waals surface area contributed by atoms with E-state index in [-0.39, 0.29) is 0 Å². The number of H-pyrrole nitrogens is 1. The first kappa shape index (κ1) is 8.37. The molecule has 1 N–H and O–H groups in total. The van der Waals surface area contributed by atoms with Crippen LogP contribution in [0.3, 0.4) is 0 Å². The highest BCUT2D eigenvalue weighted by molar-refractivity contribution is 9.10. The van der Waals surface area contributed by atoms with Crippen LogP contribution in [0.25, 0.3) is 11.4 Å². The minimum atomic E-state index is 0.624. The van der Waals surface area contributed by atoms with Gasteiger partial charge in [0.2, 0.25) is 5.82 Å². The Morgan fingerprint density at radius 1 is 1.38 bits per heavy atom. The molecule has 1 aromatic heterocycles. The van der Waals surface area contributed by atoms with Crippen molar-refractivity contribution >= 4 is 15.9 Å². The lowest BCUT2D eigenvalue weighted by atomic mass is 10.1. The highest BCUT2D eigenvalue weighted by Crippen LogP contribution is 2.22. The molecule has 0 radical (unpaired) electrons. The van der Waals surface area contributed by atoms with E-state index in [9.17, 15) is 0 Å². The van der Waals surface area contributed by atoms with E-state index >= 15 is 0 Å². The number of hydrogen-bond donors (Lipinski definition) is 1. The summed E-state index contributed by atoms with van der Waals surface area (Å²) < 4.78 is 1.01. The van der Waals surface area contributed by atoms with Gasteiger partial charge in [-0.3, -0.25) is 0 Å². The second kappa shape index (κ2) is 3.26. The van der Waals surface area contributed by atoms with Gasteiger partial charge < -0.3 is 0 Å². The fraction of sp³-hybridized carbons (Fsp3) is 0.125. The van der Waals surface area contributed by atoms with Crippen molar-refractivity contribution in [2.75, 3.05) is 0 Å². The van der Waals surface area contributed by atoms with E-state index in [1.807, 2.05) is 25.1 Å². The first-order valence-corrected chi connectivity index (χ1v) is 4.56. The zero-order valence-electron chi connectivity index (χ0n) is 6.95. The van der Waals surface area contributed by atoms with Gasteiger partial charge in [0.05, 0.1) is 0 Å². The second-order valence-corrected chi connectivity index (χ2v) is 3.61. The lowest BCUT2D eigenvalue weighted by Gasteiger charge is -2.00. The van der Waals surface area contributed by atoms with E-state index in [0.29, 0.717) is 5.82 Å². The Balaban J connectivity index is 2.57. The molecule has 4 nitrogen and oxygen atoms in total. The van der Waals surface area contributed by atoms with Gasteiger partial charge in [-0.05, 0) is 29.8 Å². The van der Waals surface area contributed by atoms with Crippen molar-refractivity contribution in [3.63, 3.8) is 0 Å². The zero-order chi connectivity index (χ0) is 9.26. The SMILES string of the molecule is Cc1ccc(Br)cc1-c1nn[nH]n1. The largest absolute Gasteiger partial charge is 0.204 e. The van der Waals surface area contributed by atoms with Gasteiger partial charge in [0.15, 0.2) is 0 Å². The zero-order valence-corrected chi connectivity index (χ0v) is 8.54. The van der Waals surface area contributed by atoms with Crippen LogP contribution in [0.4, 0.5) is 0 Å². The molecule has 66 valence electrons. The summed E-state index contributed by atoms with van der Waals surface area (Å²) in [6.07, 6.45) is 0. The average Bonchev–Trinajstić information content (AvgIpc) is 2.61. The molecule has 2 rings (SSSR count). The van der Waals surface area contributed by atoms with Gasteiger partial charge in [-0.2, -0.15) is 5.21 Å². The van der Waals surface area contributed by atoms with Crippen LogP contribution in [0.5, 0.6) is 0 Å². The van der Waals surface area contributed by atoms with E-state index in [1.165, 1.54) is 0 Å². The molecule has 0 spiro atoms. The van der Waals surface area contributed by atoms with Crippen LogP contribution in [0.15, 0.2) is 22.7 Å². The molecule has 0 amide bonds. The van der Waals surface area contributed by atoms with Gasteiger partial charge in [0.25, 0.3) is 0 Å². The molecule has 0 aliphatic heterocycles. The Morgan fingerprint density at radius 2 is 2.23 bits per heavy atom. The maximum Gasteiger partial charge on any atom is 0.204 e. The second-order valence-electron chi connectivity index (χ2n) is 2.69. The summed E-state index contributed by atoms with van der Waals surface area (Å²) in [6, 6.07) is 5.97. The monoisotopic (exact) mass is 238 g/mol. The fourth-order valence-corrected chi connectivity index (χ4v) is 1.47. The topological polar surface area (TPSA) is 54.5 Å². The number of halogens is 1. The number of rotatable bonds is 1. The van der Waals surface area contributed by atoms with Crippen molar-refractivity contribution in [2.45, 2.75) is 6.92 Å². The van der Waals surface area contributed by atoms with Crippen molar-refractivity contribution in [2.24, 2.45) is 0 Å². The summed E-state index contributed by atoms with van der Waals surface area (Å²) in [5, 5.41) is 13.8. The quantitative estimate of drug-likeness (QED) is 0.827. The lowest BCUT2D eigenvalue weighted by Crippen LogP contribution is -1.85. The predicted molar refractivity (Wildman–Crippen MR) is 52.1 cm³/mol. The van der Waals surface area contributed by atoms with Gasteiger partial charge in [0, 0.05) is 10.0 Å². The van der Waals surface area contributed by atoms with Crippen LogP contribution in [-0.2, 0) is 0 Å². The van der Waals surface area contributed by atoms with E-state index in [2.05, 4.69) is 36.6 Å². The molecule has 1 heterocycles. The highest BCUT2D eigenvalue weighted by atomic mass is 79.9. The van der Waals surface area contributed by atoms with E-state index in [4.69, 9.17) is 0 Å². The van der Waals surface area contributed by atoms with Crippen LogP contribution in [-0.4, -0.2) is 20.6 Å². The maximum absolute atomic E-state index is 3.92. The molecule has 0 saturated carbocycles. The molecule has 0 aliphatic rings. The molecule has 0 aliphatic carbocycles. The van der Waals surface area contributed by atoms with Crippen molar-refractivity contribution in [1.29, 1.82) is 0 Å². The third-order valence-electron chi connectivity index (χ3n) is 1.79. The molecule has 0 saturated heterocycles. The Morgan fingerprint density at radius 3 is 2.92 bits per heavy atom. The van der Waals surface area contributed by atoms with Crippen molar-refractivity contribution < 1.29 is 0 Å². The Labute approximate surface area is 83.5 Å². The number of nitrogens with one attached hydrogen (secondary N) is 1.